The summed E-state index contributed by atoms with van der Waals surface area (Å²) in [5, 5.41) is 10.3. The van der Waals surface area contributed by atoms with Crippen molar-refractivity contribution in [3.05, 3.63) is 128 Å². The van der Waals surface area contributed by atoms with E-state index in [1.165, 1.54) is 48.1 Å². The van der Waals surface area contributed by atoms with Gasteiger partial charge in [-0.25, -0.2) is 35.9 Å². The van der Waals surface area contributed by atoms with Gasteiger partial charge in [-0.1, -0.05) is 23.7 Å². The van der Waals surface area contributed by atoms with Crippen molar-refractivity contribution in [2.75, 3.05) is 11.0 Å². The molecule has 1 fully saturated rings. The van der Waals surface area contributed by atoms with Crippen LogP contribution in [0, 0.1) is 17.6 Å². The smallest absolute Gasteiger partial charge is 0.344 e. The first-order valence-electron chi connectivity index (χ1n) is 19.3. The second-order valence-corrected chi connectivity index (χ2v) is 17.8. The maximum Gasteiger partial charge on any atom is 0.433 e. The summed E-state index contributed by atoms with van der Waals surface area (Å²) in [5.74, 6) is -9.72. The van der Waals surface area contributed by atoms with Crippen molar-refractivity contribution in [3.63, 3.8) is 0 Å². The second kappa shape index (κ2) is 15.3. The van der Waals surface area contributed by atoms with Gasteiger partial charge < -0.3 is 5.32 Å². The molecule has 9 rings (SSSR count). The Morgan fingerprint density at radius 1 is 1.00 bits per heavy atom. The molecule has 4 aromatic heterocycles. The van der Waals surface area contributed by atoms with E-state index in [4.69, 9.17) is 16.6 Å². The number of hydrogen-bond donors (Lipinski definition) is 2. The van der Waals surface area contributed by atoms with Crippen molar-refractivity contribution in [3.8, 4) is 16.9 Å². The van der Waals surface area contributed by atoms with Crippen molar-refractivity contribution >= 4 is 55.2 Å². The number of halogens is 10. The maximum absolute atomic E-state index is 15.5. The Morgan fingerprint density at radius 3 is 2.40 bits per heavy atom. The Bertz CT molecular complexity index is 3300. The van der Waals surface area contributed by atoms with E-state index >= 15 is 8.78 Å². The molecule has 1 amide bonds. The Morgan fingerprint density at radius 2 is 1.72 bits per heavy atom. The van der Waals surface area contributed by atoms with Crippen LogP contribution in [0.2, 0.25) is 5.02 Å². The summed E-state index contributed by atoms with van der Waals surface area (Å²) in [6.07, 6.45) is -7.88. The van der Waals surface area contributed by atoms with Gasteiger partial charge in [0.2, 0.25) is 15.9 Å². The number of aryl methyl sites for hydroxylation is 1. The number of aromatic nitrogens is 7. The number of anilines is 1. The molecule has 338 valence electrons. The molecule has 3 aromatic carbocycles. The molecule has 13 nitrogen and oxygen atoms in total. The van der Waals surface area contributed by atoms with Gasteiger partial charge >= 0.3 is 6.18 Å². The number of carbonyl (C=O) groups is 1. The molecule has 3 unspecified atom stereocenters. The molecule has 24 heteroatoms. The van der Waals surface area contributed by atoms with Crippen LogP contribution in [-0.4, -0.2) is 54.7 Å². The molecule has 0 radical (unpaired) electrons. The van der Waals surface area contributed by atoms with Gasteiger partial charge in [0.25, 0.3) is 17.9 Å². The largest absolute Gasteiger partial charge is 0.433 e. The number of nitrogens with one attached hydrogen (secondary N) is 2. The fourth-order valence-electron chi connectivity index (χ4n) is 8.49. The van der Waals surface area contributed by atoms with Gasteiger partial charge in [0.15, 0.2) is 5.82 Å². The van der Waals surface area contributed by atoms with E-state index in [0.717, 1.165) is 35.1 Å². The number of nitrogens with zero attached hydrogens (tertiary/aromatic N) is 7. The lowest BCUT2D eigenvalue weighted by molar-refractivity contribution is -0.141. The van der Waals surface area contributed by atoms with Crippen LogP contribution in [0.3, 0.4) is 0 Å². The van der Waals surface area contributed by atoms with E-state index in [9.17, 15) is 48.7 Å². The van der Waals surface area contributed by atoms with Crippen LogP contribution in [0.1, 0.15) is 58.8 Å². The van der Waals surface area contributed by atoms with Gasteiger partial charge in [0.1, 0.15) is 41.1 Å². The van der Waals surface area contributed by atoms with E-state index in [-0.39, 0.29) is 67.1 Å². The summed E-state index contributed by atoms with van der Waals surface area (Å²) in [5.41, 5.74) is -4.81. The van der Waals surface area contributed by atoms with Crippen molar-refractivity contribution in [2.45, 2.75) is 49.9 Å². The van der Waals surface area contributed by atoms with Gasteiger partial charge in [0, 0.05) is 36.6 Å². The quantitative estimate of drug-likeness (QED) is 0.123. The fraction of sp³-hybridized carbons (Fsp3) is 0.268. The molecule has 1 saturated carbocycles. The Balaban J connectivity index is 1.26. The summed E-state index contributed by atoms with van der Waals surface area (Å²) < 4.78 is 160. The number of pyridine rings is 1. The molecular formula is C41H29ClF9N9O4S. The van der Waals surface area contributed by atoms with E-state index in [1.54, 1.807) is 0 Å². The predicted molar refractivity (Wildman–Crippen MR) is 216 cm³/mol. The molecule has 3 atom stereocenters. The van der Waals surface area contributed by atoms with Crippen LogP contribution in [0.15, 0.2) is 71.5 Å². The number of sulfonamides is 1. The normalized spacial score (nSPS) is 17.1. The minimum absolute atomic E-state index is 0.00670. The summed E-state index contributed by atoms with van der Waals surface area (Å²) in [6, 6.07) is 10.2. The highest BCUT2D eigenvalue weighted by Gasteiger charge is 2.67. The highest BCUT2D eigenvalue weighted by Crippen LogP contribution is 2.68. The predicted octanol–water partition coefficient (Wildman–Crippen LogP) is 8.10. The first-order valence-corrected chi connectivity index (χ1v) is 21.5. The highest BCUT2D eigenvalue weighted by molar-refractivity contribution is 7.92. The number of benzene rings is 3. The third kappa shape index (κ3) is 7.82. The summed E-state index contributed by atoms with van der Waals surface area (Å²) in [7, 11) is -2.60. The zero-order valence-electron chi connectivity index (χ0n) is 33.2. The Hall–Kier alpha value is -6.49. The van der Waals surface area contributed by atoms with Gasteiger partial charge in [-0.15, -0.1) is 0 Å². The standard InChI is InChI=1S/C41H29ClF9N9O4S/c1-58-34-28(9-8-24(42)32(34)37(56-58)57-65(2,63)64)60-38(54-26-13-18(6-7-21(26)39(60)62)25-4-3-5-29(52-25)41(49,50)51)27(12-17-10-19(43)14-20(44)11-17)53-30(61)16-59-35-31(33(55-59)36(45)46)22-15-23(22)40(35,47)48/h3-11,13-14,22-23,27,36H,12,15-16H2,1-2H3,(H,53,61)(H,56,57). The molecule has 2 aliphatic carbocycles. The van der Waals surface area contributed by atoms with E-state index in [2.05, 4.69) is 25.2 Å². The number of carbonyl (C=O) groups excluding carboxylic acids is 1. The average Bonchev–Trinajstić information content (AvgIpc) is 3.75. The average molecular weight is 950 g/mol. The van der Waals surface area contributed by atoms with E-state index in [0.29, 0.717) is 10.7 Å². The summed E-state index contributed by atoms with van der Waals surface area (Å²) >= 11 is 6.59. The molecule has 0 aliphatic heterocycles. The first-order chi connectivity index (χ1) is 30.5. The number of hydrogen-bond acceptors (Lipinski definition) is 8. The molecule has 0 saturated heterocycles. The Labute approximate surface area is 364 Å². The lowest BCUT2D eigenvalue weighted by Gasteiger charge is -2.24. The molecular weight excluding hydrogens is 921 g/mol. The first kappa shape index (κ1) is 43.7. The SMILES string of the molecule is Cn1nc(NS(C)(=O)=O)c2c(Cl)ccc(-n3c(C(Cc4cc(F)cc(F)c4)NC(=O)Cn4nc(C(F)F)c5c4C(F)(F)C4CC54)nc4cc(-c5cccc(C(F)(F)F)n5)ccc4c3=O)c21. The number of fused-ring (bicyclic) bond motifs is 5. The highest BCUT2D eigenvalue weighted by atomic mass is 35.5. The molecule has 0 bridgehead atoms. The minimum Gasteiger partial charge on any atom is -0.344 e. The van der Waals surface area contributed by atoms with E-state index < -0.39 is 105 Å². The van der Waals surface area contributed by atoms with Gasteiger partial charge in [0.05, 0.1) is 50.5 Å². The van der Waals surface area contributed by atoms with E-state index in [1.807, 2.05) is 0 Å². The number of alkyl halides is 7. The topological polar surface area (TPSA) is 159 Å². The zero-order chi connectivity index (χ0) is 46.7. The van der Waals surface area contributed by atoms with Crippen LogP contribution >= 0.6 is 11.6 Å². The number of amides is 1. The summed E-state index contributed by atoms with van der Waals surface area (Å²) in [6.45, 7) is -1.07. The van der Waals surface area contributed by atoms with Crippen molar-refractivity contribution in [1.29, 1.82) is 0 Å². The van der Waals surface area contributed by atoms with Gasteiger partial charge in [-0.2, -0.15) is 32.1 Å². The fourth-order valence-corrected chi connectivity index (χ4v) is 9.23. The molecule has 4 heterocycles. The van der Waals surface area contributed by atoms with Crippen molar-refractivity contribution in [2.24, 2.45) is 13.0 Å². The zero-order valence-corrected chi connectivity index (χ0v) is 34.8. The van der Waals surface area contributed by atoms with Crippen LogP contribution in [0.4, 0.5) is 45.3 Å². The molecule has 0 spiro atoms. The van der Waals surface area contributed by atoms with Crippen LogP contribution in [-0.2, 0) is 46.9 Å². The Kier molecular flexibility index (Phi) is 10.3. The third-order valence-corrected chi connectivity index (χ3v) is 12.0. The lowest BCUT2D eigenvalue weighted by atomic mass is 10.0. The van der Waals surface area contributed by atoms with Crippen LogP contribution in [0.5, 0.6) is 0 Å². The van der Waals surface area contributed by atoms with Crippen LogP contribution in [0.25, 0.3) is 38.8 Å². The van der Waals surface area contributed by atoms with Crippen molar-refractivity contribution < 1.29 is 52.7 Å². The molecule has 2 aliphatic rings. The molecule has 7 aromatic rings. The number of rotatable bonds is 11. The molecule has 65 heavy (non-hydrogen) atoms. The third-order valence-electron chi connectivity index (χ3n) is 11.1. The molecule has 2 N–H and O–H groups in total. The van der Waals surface area contributed by atoms with Crippen molar-refractivity contribution in [1.82, 2.24) is 39.4 Å². The second-order valence-electron chi connectivity index (χ2n) is 15.7. The minimum atomic E-state index is -4.83. The maximum atomic E-state index is 15.5. The monoisotopic (exact) mass is 949 g/mol. The van der Waals surface area contributed by atoms with Crippen LogP contribution < -0.4 is 15.6 Å². The lowest BCUT2D eigenvalue weighted by Crippen LogP contribution is -2.38. The summed E-state index contributed by atoms with van der Waals surface area (Å²) in [4.78, 5) is 37.5. The van der Waals surface area contributed by atoms with Gasteiger partial charge in [-0.3, -0.25) is 28.2 Å². The van der Waals surface area contributed by atoms with Gasteiger partial charge in [-0.05, 0) is 66.4 Å².